The molecule has 0 atom stereocenters. The Kier molecular flexibility index (Phi) is 6.16. The second-order valence-electron chi connectivity index (χ2n) is 5.74. The highest BCUT2D eigenvalue weighted by Crippen LogP contribution is 2.24. The molecule has 0 saturated heterocycles. The summed E-state index contributed by atoms with van der Waals surface area (Å²) in [5, 5.41) is 9.17. The van der Waals surface area contributed by atoms with Crippen LogP contribution in [0.5, 0.6) is 11.5 Å². The van der Waals surface area contributed by atoms with E-state index < -0.39 is 24.2 Å². The number of nitrogens with zero attached hydrogens (tertiary/aromatic N) is 1. The third-order valence-electron chi connectivity index (χ3n) is 3.82. The number of carbonyl (C=O) groups excluding carboxylic acids is 1. The summed E-state index contributed by atoms with van der Waals surface area (Å²) < 4.78 is 23.7. The van der Waals surface area contributed by atoms with Crippen LogP contribution in [-0.2, 0) is 11.3 Å². The van der Waals surface area contributed by atoms with Crippen LogP contribution in [0, 0.1) is 12.7 Å². The van der Waals surface area contributed by atoms with Crippen molar-refractivity contribution in [1.29, 1.82) is 0 Å². The van der Waals surface area contributed by atoms with Crippen LogP contribution in [0.4, 0.5) is 4.39 Å². The van der Waals surface area contributed by atoms with Crippen molar-refractivity contribution in [2.45, 2.75) is 13.5 Å². The maximum absolute atomic E-state index is 13.3. The number of amides is 1. The molecular formula is C19H20FNO5. The molecule has 2 rings (SSSR count). The highest BCUT2D eigenvalue weighted by atomic mass is 19.1. The van der Waals surface area contributed by atoms with Crippen LogP contribution >= 0.6 is 0 Å². The average molecular weight is 361 g/mol. The lowest BCUT2D eigenvalue weighted by molar-refractivity contribution is -0.137. The van der Waals surface area contributed by atoms with E-state index in [4.69, 9.17) is 14.6 Å². The van der Waals surface area contributed by atoms with Gasteiger partial charge in [-0.15, -0.1) is 0 Å². The number of aryl methyl sites for hydroxylation is 1. The number of hydrogen-bond acceptors (Lipinski definition) is 4. The molecule has 0 heterocycles. The van der Waals surface area contributed by atoms with E-state index in [1.807, 2.05) is 0 Å². The molecule has 26 heavy (non-hydrogen) atoms. The van der Waals surface area contributed by atoms with Gasteiger partial charge < -0.3 is 19.5 Å². The van der Waals surface area contributed by atoms with Crippen molar-refractivity contribution < 1.29 is 28.6 Å². The Morgan fingerprint density at radius 1 is 1.08 bits per heavy atom. The lowest BCUT2D eigenvalue weighted by Gasteiger charge is -2.22. The van der Waals surface area contributed by atoms with Gasteiger partial charge in [-0.2, -0.15) is 0 Å². The minimum absolute atomic E-state index is 0.0372. The topological polar surface area (TPSA) is 76.1 Å². The molecule has 138 valence electrons. The van der Waals surface area contributed by atoms with E-state index in [0.717, 1.165) is 0 Å². The molecule has 0 aliphatic carbocycles. The molecule has 0 aromatic heterocycles. The van der Waals surface area contributed by atoms with Crippen LogP contribution in [0.25, 0.3) is 0 Å². The highest BCUT2D eigenvalue weighted by molar-refractivity contribution is 5.97. The number of halogens is 1. The van der Waals surface area contributed by atoms with Crippen molar-refractivity contribution in [2.24, 2.45) is 0 Å². The van der Waals surface area contributed by atoms with Crippen LogP contribution in [-0.4, -0.2) is 42.6 Å². The number of hydrogen-bond donors (Lipinski definition) is 1. The zero-order chi connectivity index (χ0) is 19.3. The molecule has 2 aromatic rings. The van der Waals surface area contributed by atoms with Crippen molar-refractivity contribution in [2.75, 3.05) is 20.8 Å². The molecule has 1 N–H and O–H groups in total. The summed E-state index contributed by atoms with van der Waals surface area (Å²) in [7, 11) is 3.00. The predicted molar refractivity (Wildman–Crippen MR) is 93.1 cm³/mol. The molecule has 6 nitrogen and oxygen atoms in total. The third kappa shape index (κ3) is 4.72. The zero-order valence-corrected chi connectivity index (χ0v) is 14.8. The van der Waals surface area contributed by atoms with E-state index in [2.05, 4.69) is 0 Å². The van der Waals surface area contributed by atoms with Gasteiger partial charge in [0.15, 0.2) is 0 Å². The Morgan fingerprint density at radius 2 is 1.69 bits per heavy atom. The molecule has 0 fully saturated rings. The SMILES string of the molecule is COc1cc(CN(CC(=O)O)C(=O)c2ccc(F)cc2C)cc(OC)c1. The number of carboxylic acids is 1. The van der Waals surface area contributed by atoms with Gasteiger partial charge in [-0.05, 0) is 48.4 Å². The summed E-state index contributed by atoms with van der Waals surface area (Å²) >= 11 is 0. The van der Waals surface area contributed by atoms with Crippen molar-refractivity contribution >= 4 is 11.9 Å². The summed E-state index contributed by atoms with van der Waals surface area (Å²) in [5.74, 6) is -1.04. The fraction of sp³-hybridized carbons (Fsp3) is 0.263. The number of aliphatic carboxylic acids is 1. The van der Waals surface area contributed by atoms with Crippen LogP contribution in [0.1, 0.15) is 21.5 Å². The number of rotatable bonds is 7. The van der Waals surface area contributed by atoms with Gasteiger partial charge in [0.05, 0.1) is 14.2 Å². The highest BCUT2D eigenvalue weighted by Gasteiger charge is 2.21. The summed E-state index contributed by atoms with van der Waals surface area (Å²) in [4.78, 5) is 25.2. The number of carboxylic acid groups (broad SMARTS) is 1. The first kappa shape index (κ1) is 19.2. The fourth-order valence-electron chi connectivity index (χ4n) is 2.58. The maximum Gasteiger partial charge on any atom is 0.323 e. The number of carbonyl (C=O) groups is 2. The van der Waals surface area contributed by atoms with Crippen LogP contribution in [0.3, 0.4) is 0 Å². The van der Waals surface area contributed by atoms with Crippen molar-refractivity contribution in [3.8, 4) is 11.5 Å². The average Bonchev–Trinajstić information content (AvgIpc) is 2.59. The van der Waals surface area contributed by atoms with E-state index in [1.54, 1.807) is 25.1 Å². The van der Waals surface area contributed by atoms with Crippen LogP contribution in [0.15, 0.2) is 36.4 Å². The van der Waals surface area contributed by atoms with E-state index in [9.17, 15) is 14.0 Å². The monoisotopic (exact) mass is 361 g/mol. The van der Waals surface area contributed by atoms with Crippen LogP contribution < -0.4 is 9.47 Å². The Labute approximate surface area is 150 Å². The molecule has 0 saturated carbocycles. The molecule has 0 radical (unpaired) electrons. The van der Waals surface area contributed by atoms with E-state index in [0.29, 0.717) is 22.6 Å². The minimum atomic E-state index is -1.15. The van der Waals surface area contributed by atoms with Gasteiger partial charge in [0.2, 0.25) is 0 Å². The summed E-state index contributed by atoms with van der Waals surface area (Å²) in [5.41, 5.74) is 1.34. The van der Waals surface area contributed by atoms with Crippen molar-refractivity contribution in [1.82, 2.24) is 4.90 Å². The minimum Gasteiger partial charge on any atom is -0.497 e. The van der Waals surface area contributed by atoms with E-state index in [-0.39, 0.29) is 12.1 Å². The Bertz CT molecular complexity index is 799. The normalized spacial score (nSPS) is 10.3. The quantitative estimate of drug-likeness (QED) is 0.821. The van der Waals surface area contributed by atoms with Crippen molar-refractivity contribution in [3.05, 3.63) is 58.9 Å². The Balaban J connectivity index is 2.35. The van der Waals surface area contributed by atoms with Crippen molar-refractivity contribution in [3.63, 3.8) is 0 Å². The van der Waals surface area contributed by atoms with Gasteiger partial charge in [0.25, 0.3) is 5.91 Å². The first-order chi connectivity index (χ1) is 12.3. The fourth-order valence-corrected chi connectivity index (χ4v) is 2.58. The van der Waals surface area contributed by atoms with E-state index in [1.165, 1.54) is 37.3 Å². The smallest absolute Gasteiger partial charge is 0.323 e. The van der Waals surface area contributed by atoms with Gasteiger partial charge in [-0.1, -0.05) is 0 Å². The molecule has 7 heteroatoms. The number of methoxy groups -OCH3 is 2. The van der Waals surface area contributed by atoms with Gasteiger partial charge in [0, 0.05) is 18.2 Å². The number of ether oxygens (including phenoxy) is 2. The summed E-state index contributed by atoms with van der Waals surface area (Å²) in [6.45, 7) is 1.15. The standard InChI is InChI=1S/C19H20FNO5/c1-12-6-14(20)4-5-17(12)19(24)21(11-18(22)23)10-13-7-15(25-2)9-16(8-13)26-3/h4-9H,10-11H2,1-3H3,(H,22,23). The van der Waals surface area contributed by atoms with E-state index >= 15 is 0 Å². The lowest BCUT2D eigenvalue weighted by atomic mass is 10.1. The Morgan fingerprint density at radius 3 is 2.19 bits per heavy atom. The molecule has 0 aliphatic rings. The molecule has 1 amide bonds. The molecule has 0 spiro atoms. The zero-order valence-electron chi connectivity index (χ0n) is 14.8. The maximum atomic E-state index is 13.3. The lowest BCUT2D eigenvalue weighted by Crippen LogP contribution is -2.35. The summed E-state index contributed by atoms with van der Waals surface area (Å²) in [6, 6.07) is 8.84. The first-order valence-electron chi connectivity index (χ1n) is 7.83. The van der Waals surface area contributed by atoms with Gasteiger partial charge in [0.1, 0.15) is 23.9 Å². The largest absolute Gasteiger partial charge is 0.497 e. The number of benzene rings is 2. The molecule has 2 aromatic carbocycles. The third-order valence-corrected chi connectivity index (χ3v) is 3.82. The summed E-state index contributed by atoms with van der Waals surface area (Å²) in [6.07, 6.45) is 0. The van der Waals surface area contributed by atoms with Gasteiger partial charge in [-0.25, -0.2) is 4.39 Å². The molecule has 0 aliphatic heterocycles. The molecule has 0 unspecified atom stereocenters. The Hall–Kier alpha value is -3.09. The molecular weight excluding hydrogens is 341 g/mol. The molecule has 0 bridgehead atoms. The van der Waals surface area contributed by atoms with Crippen LogP contribution in [0.2, 0.25) is 0 Å². The second kappa shape index (κ2) is 8.33. The second-order valence-corrected chi connectivity index (χ2v) is 5.74. The predicted octanol–water partition coefficient (Wildman–Crippen LogP) is 2.88. The van der Waals surface area contributed by atoms with Gasteiger partial charge in [-0.3, -0.25) is 9.59 Å². The van der Waals surface area contributed by atoms with Gasteiger partial charge >= 0.3 is 5.97 Å². The first-order valence-corrected chi connectivity index (χ1v) is 7.83.